The van der Waals surface area contributed by atoms with Gasteiger partial charge in [0, 0.05) is 37.5 Å². The normalized spacial score (nSPS) is 11.2. The van der Waals surface area contributed by atoms with E-state index >= 15 is 0 Å². The molecule has 0 spiro atoms. The lowest BCUT2D eigenvalue weighted by Gasteiger charge is -2.20. The summed E-state index contributed by atoms with van der Waals surface area (Å²) < 4.78 is 88.1. The van der Waals surface area contributed by atoms with Crippen LogP contribution in [0.5, 0.6) is 51.7 Å². The first-order valence-electron chi connectivity index (χ1n) is 50.1. The highest BCUT2D eigenvalue weighted by atomic mass is 16.6. The number of azo groups is 3. The first kappa shape index (κ1) is 111. The van der Waals surface area contributed by atoms with Crippen molar-refractivity contribution >= 4 is 120 Å². The van der Waals surface area contributed by atoms with Crippen LogP contribution < -0.4 is 42.6 Å². The summed E-state index contributed by atoms with van der Waals surface area (Å²) in [6, 6.07) is 52.3. The molecule has 0 aliphatic rings. The number of ether oxygens (including phenoxy) is 15. The molecule has 10 aromatic carbocycles. The first-order chi connectivity index (χ1) is 70.4. The van der Waals surface area contributed by atoms with Crippen LogP contribution in [0.1, 0.15) is 244 Å². The van der Waals surface area contributed by atoms with Gasteiger partial charge in [0.2, 0.25) is 0 Å². The molecule has 30 nitrogen and oxygen atoms in total. The van der Waals surface area contributed by atoms with Crippen LogP contribution in [0.15, 0.2) is 251 Å². The molecule has 0 N–H and O–H groups in total. The summed E-state index contributed by atoms with van der Waals surface area (Å²) in [7, 11) is 0. The number of unbranched alkanes of at least 4 members (excludes halogenated alkanes) is 18. The second-order valence-corrected chi connectivity index (χ2v) is 34.0. The molecule has 0 atom stereocenters. The molecule has 0 aliphatic carbocycles. The zero-order valence-electron chi connectivity index (χ0n) is 82.9. The van der Waals surface area contributed by atoms with Crippen LogP contribution in [-0.2, 0) is 57.2 Å². The smallest absolute Gasteiger partial charge is 0.338 e. The molecule has 0 radical (unpaired) electrons. The van der Waals surface area contributed by atoms with Crippen molar-refractivity contribution in [1.29, 1.82) is 0 Å². The quantitative estimate of drug-likeness (QED) is 0.00650. The van der Waals surface area contributed by atoms with Crippen molar-refractivity contribution < 1.29 is 114 Å². The van der Waals surface area contributed by atoms with Crippen molar-refractivity contribution in [2.75, 3.05) is 79.3 Å². The zero-order valence-corrected chi connectivity index (χ0v) is 82.9. The van der Waals surface area contributed by atoms with Gasteiger partial charge in [-0.25, -0.2) is 28.8 Å². The van der Waals surface area contributed by atoms with Crippen molar-refractivity contribution in [3.05, 3.63) is 237 Å². The lowest BCUT2D eigenvalue weighted by molar-refractivity contribution is -0.138. The van der Waals surface area contributed by atoms with Gasteiger partial charge >= 0.3 is 53.7 Å². The van der Waals surface area contributed by atoms with Crippen LogP contribution in [0.4, 0.5) is 34.1 Å². The Kier molecular flexibility index (Phi) is 49.1. The SMILES string of the molecule is C=CC(=O)OCCCCCCOc1ccc(N=Nc2ccc(C(=O)OCCCCCC(=O)Oc3cc4c(cc3OCCCC)c3cc(OCCCC)c(OC(=O)CCCCCOC(=O)c5ccc(N=Nc6ccc(OCCCCCCOC(=O)C=C)cc6)cc5)cc3c3cc(OC(=O)CCCCCOC(=O)c5ccc(N=Nc6ccc(OCCCCCCOC(=O)C=C)cc6)cc5)c(OCCCC)cc43)cc2)cc1. The molecular formula is C114H132N6O24. The molecule has 144 heavy (non-hydrogen) atoms. The van der Waals surface area contributed by atoms with Gasteiger partial charge in [0.15, 0.2) is 34.5 Å². The van der Waals surface area contributed by atoms with Crippen molar-refractivity contribution in [3.63, 3.8) is 0 Å². The number of benzene rings is 10. The largest absolute Gasteiger partial charge is 0.494 e. The summed E-state index contributed by atoms with van der Waals surface area (Å²) in [4.78, 5) is 116. The predicted octanol–water partition coefficient (Wildman–Crippen LogP) is 27.9. The average Bonchev–Trinajstić information content (AvgIpc) is 0.722. The minimum absolute atomic E-state index is 0.00997. The Morgan fingerprint density at radius 1 is 0.222 bits per heavy atom. The van der Waals surface area contributed by atoms with E-state index < -0.39 is 53.7 Å². The fraction of sp³-hybridized carbons (Fsp3) is 0.395. The monoisotopic (exact) mass is 1970 g/mol. The molecule has 0 fully saturated rings. The van der Waals surface area contributed by atoms with Crippen molar-refractivity contribution in [2.45, 2.75) is 213 Å². The van der Waals surface area contributed by atoms with Crippen LogP contribution in [-0.4, -0.2) is 133 Å². The van der Waals surface area contributed by atoms with E-state index in [1.54, 1.807) is 127 Å². The van der Waals surface area contributed by atoms with Crippen LogP contribution in [0, 0.1) is 0 Å². The maximum absolute atomic E-state index is 14.2. The molecule has 0 amide bonds. The van der Waals surface area contributed by atoms with E-state index in [0.29, 0.717) is 235 Å². The van der Waals surface area contributed by atoms with Crippen LogP contribution in [0.2, 0.25) is 0 Å². The Bertz CT molecular complexity index is 5890. The van der Waals surface area contributed by atoms with Gasteiger partial charge < -0.3 is 71.1 Å². The summed E-state index contributed by atoms with van der Waals surface area (Å²) in [5.74, 6) is -0.928. The Hall–Kier alpha value is -15.0. The molecule has 0 bridgehead atoms. The standard InChI is InChI=1S/C114H132N6O24/c1-7-13-64-133-100-76-94-95-77-101(134-65-14-8-2)104(143-110(125)38-26-23-35-74-140-113(128)83-42-48-86(49-43-83)116-119-89-54-60-92(61-55-89)131-68-29-17-20-32-71-137-107(122)11-5)80-98(95)99-81-105(144-111(126)39-27-24-36-75-141-114(129)84-44-50-87(51-45-84)117-120-90-56-62-93(63-57-90)132-69-30-18-21-33-72-138-108(123)12-6)102(135-66-15-9-3)78-96(99)97(94)79-103(100)142-109(124)37-25-22-34-73-139-112(127)82-40-46-85(47-41-82)115-118-88-52-58-91(59-53-88)130-67-28-16-19-31-70-136-106(121)10-4/h10-12,40-63,76-81H,4-9,13-39,64-75H2,1-3H3. The number of carbonyl (C=O) groups excluding carboxylic acids is 9. The fourth-order valence-corrected chi connectivity index (χ4v) is 14.6. The third kappa shape index (κ3) is 39.8. The second kappa shape index (κ2) is 63.7. The molecular weight excluding hydrogens is 1840 g/mol. The van der Waals surface area contributed by atoms with Gasteiger partial charge in [-0.1, -0.05) is 59.8 Å². The number of rotatable bonds is 69. The van der Waals surface area contributed by atoms with E-state index in [1.807, 2.05) is 75.4 Å². The number of hydrogen-bond donors (Lipinski definition) is 0. The molecule has 0 saturated heterocycles. The third-order valence-electron chi connectivity index (χ3n) is 22.7. The van der Waals surface area contributed by atoms with E-state index in [-0.39, 0.29) is 75.3 Å². The van der Waals surface area contributed by atoms with Crippen LogP contribution >= 0.6 is 0 Å². The molecule has 0 unspecified atom stereocenters. The highest BCUT2D eigenvalue weighted by Gasteiger charge is 2.25. The molecule has 10 aromatic rings. The summed E-state index contributed by atoms with van der Waals surface area (Å²) in [6.07, 6.45) is 22.7. The predicted molar refractivity (Wildman–Crippen MR) is 550 cm³/mol. The molecule has 30 heteroatoms. The number of esters is 9. The number of nitrogens with zero attached hydrogens (tertiary/aromatic N) is 6. The molecule has 0 saturated carbocycles. The van der Waals surface area contributed by atoms with E-state index in [1.165, 1.54) is 0 Å². The molecule has 0 heterocycles. The molecule has 0 aliphatic heterocycles. The maximum Gasteiger partial charge on any atom is 0.338 e. The van der Waals surface area contributed by atoms with Gasteiger partial charge in [-0.3, -0.25) is 14.4 Å². The van der Waals surface area contributed by atoms with E-state index in [2.05, 4.69) is 50.4 Å². The Morgan fingerprint density at radius 2 is 0.417 bits per heavy atom. The maximum atomic E-state index is 14.2. The Labute approximate surface area is 841 Å². The highest BCUT2D eigenvalue weighted by molar-refractivity contribution is 6.27. The highest BCUT2D eigenvalue weighted by Crippen LogP contribution is 2.48. The van der Waals surface area contributed by atoms with Crippen LogP contribution in [0.25, 0.3) is 32.3 Å². The summed E-state index contributed by atoms with van der Waals surface area (Å²) in [5, 5.41) is 29.7. The first-order valence-corrected chi connectivity index (χ1v) is 50.1. The average molecular weight is 1970 g/mol. The van der Waals surface area contributed by atoms with Crippen molar-refractivity contribution in [1.82, 2.24) is 0 Å². The van der Waals surface area contributed by atoms with Crippen LogP contribution in [0.3, 0.4) is 0 Å². The van der Waals surface area contributed by atoms with Gasteiger partial charge in [-0.15, -0.1) is 0 Å². The Balaban J connectivity index is 0.775. The topological polar surface area (TPSA) is 366 Å². The zero-order chi connectivity index (χ0) is 102. The molecule has 762 valence electrons. The third-order valence-corrected chi connectivity index (χ3v) is 22.7. The number of fused-ring (bicyclic) bond motifs is 6. The van der Waals surface area contributed by atoms with Crippen molar-refractivity contribution in [2.24, 2.45) is 30.7 Å². The summed E-state index contributed by atoms with van der Waals surface area (Å²) in [6.45, 7) is 20.3. The van der Waals surface area contributed by atoms with E-state index in [0.717, 1.165) is 115 Å². The van der Waals surface area contributed by atoms with E-state index in [9.17, 15) is 43.2 Å². The summed E-state index contributed by atoms with van der Waals surface area (Å²) in [5.41, 5.74) is 4.48. The van der Waals surface area contributed by atoms with E-state index in [4.69, 9.17) is 71.1 Å². The fourth-order valence-electron chi connectivity index (χ4n) is 14.6. The lowest BCUT2D eigenvalue weighted by atomic mass is 9.93. The van der Waals surface area contributed by atoms with Crippen molar-refractivity contribution in [3.8, 4) is 51.7 Å². The second-order valence-electron chi connectivity index (χ2n) is 34.0. The van der Waals surface area contributed by atoms with Gasteiger partial charge in [0.25, 0.3) is 0 Å². The summed E-state index contributed by atoms with van der Waals surface area (Å²) >= 11 is 0. The Morgan fingerprint density at radius 3 is 0.639 bits per heavy atom. The minimum Gasteiger partial charge on any atom is -0.494 e. The van der Waals surface area contributed by atoms with Gasteiger partial charge in [0.05, 0.1) is 130 Å². The molecule has 0 aromatic heterocycles. The lowest BCUT2D eigenvalue weighted by Crippen LogP contribution is -2.11. The number of hydrogen-bond acceptors (Lipinski definition) is 30. The number of carbonyl (C=O) groups is 9. The molecule has 10 rings (SSSR count). The van der Waals surface area contributed by atoms with Gasteiger partial charge in [-0.05, 0) is 368 Å². The minimum atomic E-state index is -0.539. The van der Waals surface area contributed by atoms with Gasteiger partial charge in [-0.2, -0.15) is 30.7 Å². The van der Waals surface area contributed by atoms with Gasteiger partial charge in [0.1, 0.15) is 17.2 Å².